The lowest BCUT2D eigenvalue weighted by Gasteiger charge is -2.22. The van der Waals surface area contributed by atoms with Crippen molar-refractivity contribution in [3.8, 4) is 6.07 Å². The fourth-order valence-corrected chi connectivity index (χ4v) is 2.56. The standard InChI is InChI=1S/C14H22N4S/c1-4-18-14(3,11-15)7-5-6-8-19-13-16-9-12(2)10-17-13/h9-10,18H,4-8H2,1-3H3. The van der Waals surface area contributed by atoms with Gasteiger partial charge in [0.25, 0.3) is 0 Å². The largest absolute Gasteiger partial charge is 0.300 e. The summed E-state index contributed by atoms with van der Waals surface area (Å²) in [5, 5.41) is 13.2. The van der Waals surface area contributed by atoms with Gasteiger partial charge in [0.05, 0.1) is 6.07 Å². The molecule has 0 saturated heterocycles. The van der Waals surface area contributed by atoms with Gasteiger partial charge in [-0.05, 0) is 45.2 Å². The summed E-state index contributed by atoms with van der Waals surface area (Å²) in [4.78, 5) is 8.51. The fraction of sp³-hybridized carbons (Fsp3) is 0.643. The molecule has 0 aliphatic rings. The molecule has 1 heterocycles. The highest BCUT2D eigenvalue weighted by atomic mass is 32.2. The van der Waals surface area contributed by atoms with Gasteiger partial charge in [-0.25, -0.2) is 9.97 Å². The summed E-state index contributed by atoms with van der Waals surface area (Å²) in [5.74, 6) is 0.997. The van der Waals surface area contributed by atoms with Crippen molar-refractivity contribution in [2.24, 2.45) is 0 Å². The van der Waals surface area contributed by atoms with Crippen LogP contribution in [-0.4, -0.2) is 27.8 Å². The van der Waals surface area contributed by atoms with E-state index in [1.165, 1.54) is 0 Å². The van der Waals surface area contributed by atoms with Gasteiger partial charge in [0.1, 0.15) is 5.54 Å². The number of unbranched alkanes of at least 4 members (excludes halogenated alkanes) is 1. The van der Waals surface area contributed by atoms with E-state index >= 15 is 0 Å². The maximum Gasteiger partial charge on any atom is 0.187 e. The molecule has 5 heteroatoms. The zero-order valence-corrected chi connectivity index (χ0v) is 12.8. The van der Waals surface area contributed by atoms with Gasteiger partial charge in [-0.1, -0.05) is 18.7 Å². The van der Waals surface area contributed by atoms with Crippen LogP contribution < -0.4 is 5.32 Å². The number of aromatic nitrogens is 2. The predicted molar refractivity (Wildman–Crippen MR) is 79.0 cm³/mol. The molecule has 1 rings (SSSR count). The van der Waals surface area contributed by atoms with Crippen LogP contribution in [0.2, 0.25) is 0 Å². The molecule has 1 N–H and O–H groups in total. The minimum Gasteiger partial charge on any atom is -0.300 e. The molecule has 1 aromatic heterocycles. The lowest BCUT2D eigenvalue weighted by molar-refractivity contribution is 0.415. The molecule has 0 spiro atoms. The molecule has 0 saturated carbocycles. The molecule has 4 nitrogen and oxygen atoms in total. The van der Waals surface area contributed by atoms with Gasteiger partial charge < -0.3 is 0 Å². The molecule has 1 unspecified atom stereocenters. The van der Waals surface area contributed by atoms with Gasteiger partial charge in [-0.15, -0.1) is 0 Å². The van der Waals surface area contributed by atoms with E-state index in [9.17, 15) is 0 Å². The van der Waals surface area contributed by atoms with E-state index in [1.807, 2.05) is 33.2 Å². The number of hydrogen-bond donors (Lipinski definition) is 1. The molecule has 104 valence electrons. The van der Waals surface area contributed by atoms with E-state index in [-0.39, 0.29) is 5.54 Å². The topological polar surface area (TPSA) is 61.6 Å². The zero-order valence-electron chi connectivity index (χ0n) is 11.9. The average Bonchev–Trinajstić information content (AvgIpc) is 2.41. The highest BCUT2D eigenvalue weighted by Crippen LogP contribution is 2.17. The van der Waals surface area contributed by atoms with Crippen LogP contribution in [0, 0.1) is 18.3 Å². The summed E-state index contributed by atoms with van der Waals surface area (Å²) in [5.41, 5.74) is 0.694. The third kappa shape index (κ3) is 6.04. The maximum absolute atomic E-state index is 9.14. The molecule has 0 radical (unpaired) electrons. The summed E-state index contributed by atoms with van der Waals surface area (Å²) in [6.45, 7) is 6.81. The molecule has 0 aromatic carbocycles. The average molecular weight is 278 g/mol. The maximum atomic E-state index is 9.14. The molecule has 19 heavy (non-hydrogen) atoms. The van der Waals surface area contributed by atoms with E-state index in [0.29, 0.717) is 0 Å². The van der Waals surface area contributed by atoms with E-state index in [2.05, 4.69) is 21.4 Å². The Kier molecular flexibility index (Phi) is 6.82. The second-order valence-corrected chi connectivity index (χ2v) is 5.88. The van der Waals surface area contributed by atoms with Gasteiger partial charge in [0.2, 0.25) is 0 Å². The lowest BCUT2D eigenvalue weighted by atomic mass is 9.97. The van der Waals surface area contributed by atoms with E-state index in [4.69, 9.17) is 5.26 Å². The minimum absolute atomic E-state index is 0.389. The van der Waals surface area contributed by atoms with Crippen LogP contribution in [-0.2, 0) is 0 Å². The van der Waals surface area contributed by atoms with Crippen LogP contribution >= 0.6 is 11.8 Å². The molecule has 0 aliphatic heterocycles. The van der Waals surface area contributed by atoms with Gasteiger partial charge >= 0.3 is 0 Å². The third-order valence-corrected chi connectivity index (χ3v) is 3.84. The van der Waals surface area contributed by atoms with Gasteiger partial charge in [0.15, 0.2) is 5.16 Å². The van der Waals surface area contributed by atoms with Crippen molar-refractivity contribution in [2.45, 2.75) is 50.7 Å². The second kappa shape index (κ2) is 8.13. The minimum atomic E-state index is -0.389. The molecular weight excluding hydrogens is 256 g/mol. The molecule has 1 atom stereocenters. The normalized spacial score (nSPS) is 13.8. The Hall–Kier alpha value is -1.12. The van der Waals surface area contributed by atoms with Gasteiger partial charge in [-0.3, -0.25) is 5.32 Å². The number of thioether (sulfide) groups is 1. The van der Waals surface area contributed by atoms with Gasteiger partial charge in [0, 0.05) is 18.1 Å². The van der Waals surface area contributed by atoms with Crippen molar-refractivity contribution in [3.05, 3.63) is 18.0 Å². The summed E-state index contributed by atoms with van der Waals surface area (Å²) < 4.78 is 0. The molecule has 0 amide bonds. The van der Waals surface area contributed by atoms with Crippen LogP contribution in [0.1, 0.15) is 38.7 Å². The van der Waals surface area contributed by atoms with E-state index < -0.39 is 0 Å². The first-order valence-electron chi connectivity index (χ1n) is 6.67. The number of rotatable bonds is 8. The van der Waals surface area contributed by atoms with Gasteiger partial charge in [-0.2, -0.15) is 5.26 Å². The Morgan fingerprint density at radius 3 is 2.63 bits per heavy atom. The molecule has 1 aromatic rings. The highest BCUT2D eigenvalue weighted by molar-refractivity contribution is 7.99. The number of aryl methyl sites for hydroxylation is 1. The predicted octanol–water partition coefficient (Wildman–Crippen LogP) is 2.94. The Morgan fingerprint density at radius 1 is 1.37 bits per heavy atom. The van der Waals surface area contributed by atoms with Crippen LogP contribution in [0.3, 0.4) is 0 Å². The first kappa shape index (κ1) is 15.9. The molecule has 0 aliphatic carbocycles. The Bertz CT molecular complexity index is 412. The SMILES string of the molecule is CCNC(C)(C#N)CCCCSc1ncc(C)cn1. The zero-order chi connectivity index (χ0) is 14.1. The summed E-state index contributed by atoms with van der Waals surface area (Å²) in [6, 6.07) is 2.35. The van der Waals surface area contributed by atoms with Crippen molar-refractivity contribution in [2.75, 3.05) is 12.3 Å². The summed E-state index contributed by atoms with van der Waals surface area (Å²) in [7, 11) is 0. The molecule has 0 fully saturated rings. The van der Waals surface area contributed by atoms with Crippen molar-refractivity contribution in [3.63, 3.8) is 0 Å². The monoisotopic (exact) mass is 278 g/mol. The Labute approximate surface area is 120 Å². The number of nitrogens with one attached hydrogen (secondary N) is 1. The Balaban J connectivity index is 2.21. The number of nitriles is 1. The van der Waals surface area contributed by atoms with Crippen molar-refractivity contribution in [1.82, 2.24) is 15.3 Å². The van der Waals surface area contributed by atoms with Crippen LogP contribution in [0.25, 0.3) is 0 Å². The van der Waals surface area contributed by atoms with Crippen molar-refractivity contribution in [1.29, 1.82) is 5.26 Å². The first-order valence-corrected chi connectivity index (χ1v) is 7.66. The smallest absolute Gasteiger partial charge is 0.187 e. The number of nitrogens with zero attached hydrogens (tertiary/aromatic N) is 3. The third-order valence-electron chi connectivity index (χ3n) is 2.87. The Morgan fingerprint density at radius 2 is 2.05 bits per heavy atom. The summed E-state index contributed by atoms with van der Waals surface area (Å²) in [6.07, 6.45) is 6.67. The van der Waals surface area contributed by atoms with Crippen LogP contribution in [0.15, 0.2) is 17.6 Å². The lowest BCUT2D eigenvalue weighted by Crippen LogP contribution is -2.40. The van der Waals surface area contributed by atoms with Crippen LogP contribution in [0.5, 0.6) is 0 Å². The molecular formula is C14H22N4S. The van der Waals surface area contributed by atoms with E-state index in [0.717, 1.165) is 42.3 Å². The van der Waals surface area contributed by atoms with Crippen LogP contribution in [0.4, 0.5) is 0 Å². The highest BCUT2D eigenvalue weighted by Gasteiger charge is 2.20. The van der Waals surface area contributed by atoms with Crippen molar-refractivity contribution < 1.29 is 0 Å². The van der Waals surface area contributed by atoms with E-state index in [1.54, 1.807) is 11.8 Å². The fourth-order valence-electron chi connectivity index (χ4n) is 1.77. The quantitative estimate of drug-likeness (QED) is 0.450. The second-order valence-electron chi connectivity index (χ2n) is 4.82. The number of hydrogen-bond acceptors (Lipinski definition) is 5. The summed E-state index contributed by atoms with van der Waals surface area (Å²) >= 11 is 1.68. The first-order chi connectivity index (χ1) is 9.09. The van der Waals surface area contributed by atoms with Crippen molar-refractivity contribution >= 4 is 11.8 Å². The molecule has 0 bridgehead atoms.